The molecule has 1 amide bonds. The summed E-state index contributed by atoms with van der Waals surface area (Å²) in [6.07, 6.45) is 4.16. The van der Waals surface area contributed by atoms with Crippen molar-refractivity contribution in [1.29, 1.82) is 0 Å². The molecule has 1 N–H and O–H groups in total. The Bertz CT molecular complexity index is 297. The first kappa shape index (κ1) is 12.4. The molecular formula is C12H19NO4. The molecule has 96 valence electrons. The summed E-state index contributed by atoms with van der Waals surface area (Å²) in [6, 6.07) is 0.0552. The summed E-state index contributed by atoms with van der Waals surface area (Å²) >= 11 is 0. The summed E-state index contributed by atoms with van der Waals surface area (Å²) < 4.78 is 10.2. The molecular weight excluding hydrogens is 222 g/mol. The van der Waals surface area contributed by atoms with Gasteiger partial charge in [-0.25, -0.2) is 0 Å². The molecule has 3 atom stereocenters. The average Bonchev–Trinajstić information content (AvgIpc) is 2.63. The van der Waals surface area contributed by atoms with E-state index in [2.05, 4.69) is 10.1 Å². The number of carbonyl (C=O) groups is 2. The summed E-state index contributed by atoms with van der Waals surface area (Å²) in [7, 11) is 1.28. The first-order valence-corrected chi connectivity index (χ1v) is 6.17. The van der Waals surface area contributed by atoms with Crippen molar-refractivity contribution >= 4 is 11.9 Å². The van der Waals surface area contributed by atoms with Crippen LogP contribution in [0.4, 0.5) is 0 Å². The Morgan fingerprint density at radius 3 is 2.71 bits per heavy atom. The van der Waals surface area contributed by atoms with Crippen LogP contribution in [0.25, 0.3) is 0 Å². The Hall–Kier alpha value is -1.10. The summed E-state index contributed by atoms with van der Waals surface area (Å²) in [5.74, 6) is -0.120. The minimum absolute atomic E-state index is 0.0552. The van der Waals surface area contributed by atoms with Crippen LogP contribution in [0, 0.1) is 5.92 Å². The van der Waals surface area contributed by atoms with Gasteiger partial charge in [-0.15, -0.1) is 0 Å². The summed E-state index contributed by atoms with van der Waals surface area (Å²) in [4.78, 5) is 22.6. The fourth-order valence-corrected chi connectivity index (χ4v) is 2.60. The van der Waals surface area contributed by atoms with E-state index >= 15 is 0 Å². The van der Waals surface area contributed by atoms with Gasteiger partial charge in [0, 0.05) is 6.61 Å². The quantitative estimate of drug-likeness (QED) is 0.581. The van der Waals surface area contributed by atoms with Crippen LogP contribution in [0.1, 0.15) is 32.1 Å². The number of methoxy groups -OCH3 is 1. The lowest BCUT2D eigenvalue weighted by Crippen LogP contribution is -2.44. The second kappa shape index (κ2) is 5.49. The highest BCUT2D eigenvalue weighted by molar-refractivity contribution is 5.94. The molecule has 0 aromatic carbocycles. The lowest BCUT2D eigenvalue weighted by atomic mass is 10.00. The lowest BCUT2D eigenvalue weighted by molar-refractivity contribution is -0.144. The van der Waals surface area contributed by atoms with Crippen LogP contribution in [-0.4, -0.2) is 37.7 Å². The zero-order valence-corrected chi connectivity index (χ0v) is 10.1. The summed E-state index contributed by atoms with van der Waals surface area (Å²) in [5.41, 5.74) is 0. The topological polar surface area (TPSA) is 64.6 Å². The molecule has 5 heteroatoms. The number of hydrogen-bond acceptors (Lipinski definition) is 4. The number of ether oxygens (including phenoxy) is 2. The Kier molecular flexibility index (Phi) is 3.99. The molecule has 3 fully saturated rings. The number of esters is 1. The van der Waals surface area contributed by atoms with Gasteiger partial charge in [-0.05, 0) is 31.6 Å². The van der Waals surface area contributed by atoms with Crippen molar-refractivity contribution in [3.63, 3.8) is 0 Å². The van der Waals surface area contributed by atoms with Crippen molar-refractivity contribution in [2.75, 3.05) is 13.7 Å². The van der Waals surface area contributed by atoms with Gasteiger partial charge in [0.25, 0.3) is 0 Å². The van der Waals surface area contributed by atoms with Gasteiger partial charge in [0.15, 0.2) is 0 Å². The molecule has 0 aromatic rings. The molecule has 5 nitrogen and oxygen atoms in total. The van der Waals surface area contributed by atoms with E-state index in [1.165, 1.54) is 13.5 Å². The maximum atomic E-state index is 11.6. The minimum atomic E-state index is -0.499. The minimum Gasteiger partial charge on any atom is -0.469 e. The number of carbonyl (C=O) groups excluding carboxylic acids is 2. The average molecular weight is 241 g/mol. The molecule has 2 saturated heterocycles. The van der Waals surface area contributed by atoms with Crippen LogP contribution in [0.2, 0.25) is 0 Å². The summed E-state index contributed by atoms with van der Waals surface area (Å²) in [6.45, 7) is 0.814. The van der Waals surface area contributed by atoms with Gasteiger partial charge in [0.05, 0.1) is 19.3 Å². The molecule has 3 unspecified atom stereocenters. The van der Waals surface area contributed by atoms with E-state index in [0.717, 1.165) is 25.9 Å². The zero-order valence-electron chi connectivity index (χ0n) is 10.1. The van der Waals surface area contributed by atoms with Crippen molar-refractivity contribution in [1.82, 2.24) is 5.32 Å². The van der Waals surface area contributed by atoms with Crippen molar-refractivity contribution in [3.8, 4) is 0 Å². The SMILES string of the molecule is COC(=O)CC(=O)NC1CCC2CCC1OC2. The molecule has 1 saturated carbocycles. The highest BCUT2D eigenvalue weighted by atomic mass is 16.5. The lowest BCUT2D eigenvalue weighted by Gasteiger charge is -2.28. The normalized spacial score (nSPS) is 31.7. The monoisotopic (exact) mass is 241 g/mol. The van der Waals surface area contributed by atoms with Crippen LogP contribution >= 0.6 is 0 Å². The van der Waals surface area contributed by atoms with Crippen molar-refractivity contribution in [3.05, 3.63) is 0 Å². The first-order chi connectivity index (χ1) is 8.19. The van der Waals surface area contributed by atoms with E-state index in [9.17, 15) is 9.59 Å². The van der Waals surface area contributed by atoms with Crippen LogP contribution < -0.4 is 5.32 Å². The number of rotatable bonds is 3. The van der Waals surface area contributed by atoms with Gasteiger partial charge < -0.3 is 14.8 Å². The van der Waals surface area contributed by atoms with Crippen LogP contribution in [-0.2, 0) is 19.1 Å². The molecule has 2 heterocycles. The van der Waals surface area contributed by atoms with Crippen molar-refractivity contribution < 1.29 is 19.1 Å². The number of hydrogen-bond donors (Lipinski definition) is 1. The van der Waals surface area contributed by atoms with Gasteiger partial charge in [-0.1, -0.05) is 0 Å². The zero-order chi connectivity index (χ0) is 12.3. The third-order valence-electron chi connectivity index (χ3n) is 3.62. The Balaban J connectivity index is 1.85. The van der Waals surface area contributed by atoms with Gasteiger partial charge in [0.1, 0.15) is 6.42 Å². The Morgan fingerprint density at radius 1 is 1.29 bits per heavy atom. The fourth-order valence-electron chi connectivity index (χ4n) is 2.60. The number of fused-ring (bicyclic) bond motifs is 4. The maximum Gasteiger partial charge on any atom is 0.315 e. The Morgan fingerprint density at radius 2 is 2.06 bits per heavy atom. The van der Waals surface area contributed by atoms with Crippen LogP contribution in [0.3, 0.4) is 0 Å². The standard InChI is InChI=1S/C12H19NO4/c1-16-12(15)6-11(14)13-9-4-2-8-3-5-10(9)17-7-8/h8-10H,2-7H2,1H3,(H,13,14). The second-order valence-corrected chi connectivity index (χ2v) is 4.82. The van der Waals surface area contributed by atoms with Gasteiger partial charge in [-0.2, -0.15) is 0 Å². The molecule has 2 aliphatic heterocycles. The van der Waals surface area contributed by atoms with E-state index in [0.29, 0.717) is 5.92 Å². The van der Waals surface area contributed by atoms with Crippen molar-refractivity contribution in [2.24, 2.45) is 5.92 Å². The molecule has 0 spiro atoms. The highest BCUT2D eigenvalue weighted by Crippen LogP contribution is 2.31. The van der Waals surface area contributed by atoms with E-state index < -0.39 is 5.97 Å². The molecule has 3 aliphatic rings. The smallest absolute Gasteiger partial charge is 0.315 e. The van der Waals surface area contributed by atoms with Crippen molar-refractivity contribution in [2.45, 2.75) is 44.2 Å². The third kappa shape index (κ3) is 3.19. The molecule has 2 bridgehead atoms. The van der Waals surface area contributed by atoms with Crippen LogP contribution in [0.15, 0.2) is 0 Å². The van der Waals surface area contributed by atoms with E-state index in [1.807, 2.05) is 0 Å². The van der Waals surface area contributed by atoms with Crippen LogP contribution in [0.5, 0.6) is 0 Å². The predicted octanol–water partition coefficient (Wildman–Crippen LogP) is 0.623. The molecule has 17 heavy (non-hydrogen) atoms. The van der Waals surface area contributed by atoms with E-state index in [4.69, 9.17) is 4.74 Å². The first-order valence-electron chi connectivity index (χ1n) is 6.17. The molecule has 0 aromatic heterocycles. The number of amides is 1. The second-order valence-electron chi connectivity index (χ2n) is 4.82. The molecule has 3 rings (SSSR count). The van der Waals surface area contributed by atoms with Gasteiger partial charge in [0.2, 0.25) is 5.91 Å². The van der Waals surface area contributed by atoms with Gasteiger partial charge >= 0.3 is 5.97 Å². The Labute approximate surface area is 101 Å². The summed E-state index contributed by atoms with van der Waals surface area (Å²) in [5, 5.41) is 2.89. The van der Waals surface area contributed by atoms with E-state index in [1.54, 1.807) is 0 Å². The van der Waals surface area contributed by atoms with E-state index in [-0.39, 0.29) is 24.5 Å². The molecule has 1 aliphatic carbocycles. The maximum absolute atomic E-state index is 11.6. The molecule has 0 radical (unpaired) electrons. The highest BCUT2D eigenvalue weighted by Gasteiger charge is 2.33. The largest absolute Gasteiger partial charge is 0.469 e. The number of nitrogens with one attached hydrogen (secondary N) is 1. The third-order valence-corrected chi connectivity index (χ3v) is 3.62. The van der Waals surface area contributed by atoms with Gasteiger partial charge in [-0.3, -0.25) is 9.59 Å². The fraction of sp³-hybridized carbons (Fsp3) is 0.833. The predicted molar refractivity (Wildman–Crippen MR) is 60.3 cm³/mol.